The molecule has 2 aliphatic rings. The normalized spacial score (nSPS) is 14.7. The minimum Gasteiger partial charge on any atom is -0.379 e. The molecule has 0 saturated heterocycles. The van der Waals surface area contributed by atoms with E-state index in [4.69, 9.17) is 9.47 Å². The zero-order valence-corrected chi connectivity index (χ0v) is 50.0. The number of methoxy groups -OCH3 is 2. The van der Waals surface area contributed by atoms with Crippen molar-refractivity contribution in [3.63, 3.8) is 0 Å². The standard InChI is InChI=1S/C10H18F2.C6H13NO2S.C6H12O2.4C5H12.3C2H6.2CH3.B.W/c1-8(2)6-5-7-10(11,12)9(3)4;1-5(2)7-10(8,9)6-3-4-6;1-7-5-3-4-6(5)8-2;1-5(2,3)4;3*1-4-5(2)3;3*1-2;;;;/h5,7-9H,6H2,1-4H3;5-7H,3-4H2,1-2H3;5-6H,3-4H2,1-2H3;1-4H3;3*5H,4H2,1-3H3;3*1-2H3;2*1H3;;/q;;;;;;;;;;2*-1;;+2/b7-5+;;;;;;;;;;;;;/t;;5-,6-;;;;;;;;;;;/m..1.........../s1. The Hall–Kier alpha value is 0.183. The van der Waals surface area contributed by atoms with Crippen LogP contribution in [-0.4, -0.2) is 60.5 Å². The summed E-state index contributed by atoms with van der Waals surface area (Å²) in [5, 5.41) is -0.0881. The van der Waals surface area contributed by atoms with Crippen molar-refractivity contribution in [2.24, 2.45) is 35.0 Å². The molecule has 0 heterocycles. The van der Waals surface area contributed by atoms with Gasteiger partial charge in [0.2, 0.25) is 10.0 Å². The summed E-state index contributed by atoms with van der Waals surface area (Å²) in [6.45, 7) is 51.4. The molecule has 10 heteroatoms. The van der Waals surface area contributed by atoms with Crippen LogP contribution in [-0.2, 0) is 40.6 Å². The van der Waals surface area contributed by atoms with Crippen molar-refractivity contribution in [2.75, 3.05) is 14.2 Å². The van der Waals surface area contributed by atoms with Crippen LogP contribution in [0.15, 0.2) is 12.2 Å². The van der Waals surface area contributed by atoms with E-state index in [1.165, 1.54) is 33.1 Å². The van der Waals surface area contributed by atoms with E-state index in [0.717, 1.165) is 55.9 Å². The van der Waals surface area contributed by atoms with Gasteiger partial charge in [-0.2, -0.15) is 0 Å². The SMILES string of the molecule is CC.CC.CC.CC(C)(C)C.CC(C)C/C=C/C(F)(F)C(C)C.CC(C)NS(=O)(=O)C1CC1.CCC(C)C.CCC(C)C.CCC(C)C.CO[C@@H]1CC[C@H]1OC.[B].[CH3-].[CH3-].[W+2]. The molecule has 0 aromatic carbocycles. The zero-order chi connectivity index (χ0) is 46.9. The van der Waals surface area contributed by atoms with Gasteiger partial charge in [0.25, 0.3) is 5.92 Å². The predicted molar refractivity (Wildman–Crippen MR) is 273 cm³/mol. The molecular weight excluding hydrogens is 943 g/mol. The molecule has 0 spiro atoms. The summed E-state index contributed by atoms with van der Waals surface area (Å²) in [7, 11) is 0.528. The van der Waals surface area contributed by atoms with Crippen molar-refractivity contribution in [1.29, 1.82) is 0 Å². The molecule has 2 aliphatic carbocycles. The third-order valence-electron chi connectivity index (χ3n) is 7.29. The van der Waals surface area contributed by atoms with Crippen molar-refractivity contribution in [3.05, 3.63) is 27.0 Å². The maximum atomic E-state index is 12.9. The van der Waals surface area contributed by atoms with Gasteiger partial charge in [0, 0.05) is 34.6 Å². The van der Waals surface area contributed by atoms with Crippen LogP contribution in [0.25, 0.3) is 0 Å². The van der Waals surface area contributed by atoms with Gasteiger partial charge in [-0.15, -0.1) is 0 Å². The molecule has 5 nitrogen and oxygen atoms in total. The van der Waals surface area contributed by atoms with E-state index in [2.05, 4.69) is 94.7 Å². The second-order valence-corrected chi connectivity index (χ2v) is 19.4. The largest absolute Gasteiger partial charge is 2.00 e. The van der Waals surface area contributed by atoms with Gasteiger partial charge in [0.15, 0.2) is 0 Å². The molecule has 0 bridgehead atoms. The number of sulfonamides is 1. The Morgan fingerprint density at radius 3 is 1.00 bits per heavy atom. The number of alkyl halides is 2. The summed E-state index contributed by atoms with van der Waals surface area (Å²) in [6, 6.07) is 0.0330. The molecule has 2 fully saturated rings. The maximum Gasteiger partial charge on any atom is 2.00 e. The number of halogens is 2. The van der Waals surface area contributed by atoms with Gasteiger partial charge in [-0.1, -0.05) is 185 Å². The Morgan fingerprint density at radius 1 is 0.617 bits per heavy atom. The third kappa shape index (κ3) is 89.2. The van der Waals surface area contributed by atoms with E-state index >= 15 is 0 Å². The predicted octanol–water partition coefficient (Wildman–Crippen LogP) is 17.0. The summed E-state index contributed by atoms with van der Waals surface area (Å²) in [4.78, 5) is 0. The van der Waals surface area contributed by atoms with Crippen molar-refractivity contribution >= 4 is 18.4 Å². The van der Waals surface area contributed by atoms with Crippen LogP contribution in [0.1, 0.15) is 224 Å². The van der Waals surface area contributed by atoms with E-state index in [1.807, 2.05) is 69.2 Å². The molecule has 373 valence electrons. The Balaban J connectivity index is -0.0000000444. The molecule has 3 radical (unpaired) electrons. The molecular formula is C50H115BF2NO4SW. The van der Waals surface area contributed by atoms with Crippen molar-refractivity contribution < 1.29 is 47.7 Å². The first-order valence-corrected chi connectivity index (χ1v) is 24.2. The van der Waals surface area contributed by atoms with E-state index < -0.39 is 21.9 Å². The number of rotatable bonds is 12. The number of allylic oxidation sites excluding steroid dienone is 2. The topological polar surface area (TPSA) is 64.6 Å². The Bertz CT molecular complexity index is 822. The Labute approximate surface area is 399 Å². The number of hydrogen-bond acceptors (Lipinski definition) is 4. The monoisotopic (exact) mass is 1060 g/mol. The first-order chi connectivity index (χ1) is 25.6. The van der Waals surface area contributed by atoms with E-state index in [0.29, 0.717) is 23.5 Å². The van der Waals surface area contributed by atoms with E-state index in [-0.39, 0.29) is 55.6 Å². The van der Waals surface area contributed by atoms with Crippen LogP contribution in [0.3, 0.4) is 0 Å². The fourth-order valence-electron chi connectivity index (χ4n) is 2.47. The van der Waals surface area contributed by atoms with Crippen LogP contribution < -0.4 is 4.72 Å². The van der Waals surface area contributed by atoms with Gasteiger partial charge in [0.1, 0.15) is 0 Å². The van der Waals surface area contributed by atoms with Gasteiger partial charge >= 0.3 is 21.1 Å². The first-order valence-electron chi connectivity index (χ1n) is 22.7. The minimum atomic E-state index is -2.94. The first kappa shape index (κ1) is 90.8. The number of ether oxygens (including phenoxy) is 2. The molecule has 0 aliphatic heterocycles. The van der Waals surface area contributed by atoms with Gasteiger partial charge in [-0.3, -0.25) is 0 Å². The summed E-state index contributed by atoms with van der Waals surface area (Å²) in [5.41, 5.74) is 0.500. The van der Waals surface area contributed by atoms with Crippen LogP contribution >= 0.6 is 0 Å². The molecule has 0 unspecified atom stereocenters. The third-order valence-corrected chi connectivity index (χ3v) is 9.43. The average molecular weight is 1060 g/mol. The average Bonchev–Trinajstić information content (AvgIpc) is 3.94. The maximum absolute atomic E-state index is 12.9. The van der Waals surface area contributed by atoms with E-state index in [1.54, 1.807) is 20.3 Å². The molecule has 2 rings (SSSR count). The fourth-order valence-corrected chi connectivity index (χ4v) is 4.08. The molecule has 0 aromatic rings. The number of hydrogen-bond donors (Lipinski definition) is 1. The smallest absolute Gasteiger partial charge is 0.379 e. The molecule has 2 atom stereocenters. The second kappa shape index (κ2) is 59.2. The van der Waals surface area contributed by atoms with Gasteiger partial charge < -0.3 is 24.3 Å². The quantitative estimate of drug-likeness (QED) is 0.120. The van der Waals surface area contributed by atoms with E-state index in [9.17, 15) is 17.2 Å². The van der Waals surface area contributed by atoms with Crippen molar-refractivity contribution in [1.82, 2.24) is 4.72 Å². The van der Waals surface area contributed by atoms with Crippen LogP contribution in [0.2, 0.25) is 0 Å². The molecule has 0 aromatic heterocycles. The molecule has 60 heavy (non-hydrogen) atoms. The van der Waals surface area contributed by atoms with Crippen molar-refractivity contribution in [3.8, 4) is 0 Å². The van der Waals surface area contributed by atoms with Gasteiger partial charge in [-0.05, 0) is 81.1 Å². The van der Waals surface area contributed by atoms with Gasteiger partial charge in [-0.25, -0.2) is 21.9 Å². The number of nitrogens with one attached hydrogen (secondary N) is 1. The summed E-state index contributed by atoms with van der Waals surface area (Å²) in [6.07, 6.45) is 12.0. The second-order valence-electron chi connectivity index (χ2n) is 17.4. The molecule has 2 saturated carbocycles. The summed E-state index contributed by atoms with van der Waals surface area (Å²) >= 11 is 0. The summed E-state index contributed by atoms with van der Waals surface area (Å²) in [5.74, 6) is -0.153. The fraction of sp³-hybridized carbons (Fsp3) is 0.920. The van der Waals surface area contributed by atoms with Crippen LogP contribution in [0.5, 0.6) is 0 Å². The molecule has 0 amide bonds. The summed E-state index contributed by atoms with van der Waals surface area (Å²) < 4.78 is 60.7. The van der Waals surface area contributed by atoms with Crippen molar-refractivity contribution in [2.45, 2.75) is 254 Å². The Morgan fingerprint density at radius 2 is 0.867 bits per heavy atom. The minimum absolute atomic E-state index is 0. The van der Waals surface area contributed by atoms with Crippen LogP contribution in [0, 0.1) is 49.9 Å². The molecule has 1 N–H and O–H groups in total. The Kier molecular flexibility index (Phi) is 89.6. The van der Waals surface area contributed by atoms with Gasteiger partial charge in [0.05, 0.1) is 17.5 Å². The zero-order valence-electron chi connectivity index (χ0n) is 46.3. The van der Waals surface area contributed by atoms with Crippen LogP contribution in [0.4, 0.5) is 8.78 Å².